The molecule has 3 rings (SSSR count). The summed E-state index contributed by atoms with van der Waals surface area (Å²) >= 11 is 0. The molecular formula is C19H16F6N2O4. The van der Waals surface area contributed by atoms with Gasteiger partial charge in [-0.05, 0) is 30.9 Å². The Hall–Kier alpha value is -3.18. The summed E-state index contributed by atoms with van der Waals surface area (Å²) < 4.78 is 83.6. The Kier molecular flexibility index (Phi) is 6.18. The van der Waals surface area contributed by atoms with E-state index in [1.165, 1.54) is 6.07 Å². The molecule has 2 aromatic rings. The number of aromatic nitrogens is 1. The lowest BCUT2D eigenvalue weighted by Crippen LogP contribution is -2.24. The average Bonchev–Trinajstić information content (AvgIpc) is 3.10. The molecule has 0 aliphatic heterocycles. The Bertz CT molecular complexity index is 993. The van der Waals surface area contributed by atoms with Crippen LogP contribution in [-0.4, -0.2) is 36.5 Å². The monoisotopic (exact) mass is 450 g/mol. The van der Waals surface area contributed by atoms with Crippen molar-refractivity contribution in [1.29, 1.82) is 0 Å². The summed E-state index contributed by atoms with van der Waals surface area (Å²) in [7, 11) is 0. The molecule has 1 aromatic carbocycles. The molecule has 0 unspecified atom stereocenters. The van der Waals surface area contributed by atoms with E-state index in [9.17, 15) is 35.9 Å². The van der Waals surface area contributed by atoms with Crippen LogP contribution in [0.5, 0.6) is 11.5 Å². The number of benzene rings is 1. The Morgan fingerprint density at radius 2 is 1.52 bits per heavy atom. The van der Waals surface area contributed by atoms with Crippen molar-refractivity contribution in [2.45, 2.75) is 31.6 Å². The van der Waals surface area contributed by atoms with E-state index in [4.69, 9.17) is 0 Å². The maximum Gasteiger partial charge on any atom is 0.422 e. The van der Waals surface area contributed by atoms with Gasteiger partial charge in [-0.15, -0.1) is 0 Å². The van der Waals surface area contributed by atoms with Crippen molar-refractivity contribution in [3.8, 4) is 11.5 Å². The molecule has 0 radical (unpaired) electrons. The molecule has 1 aliphatic carbocycles. The summed E-state index contributed by atoms with van der Waals surface area (Å²) in [5.41, 5.74) is 0.422. The van der Waals surface area contributed by atoms with Crippen molar-refractivity contribution in [1.82, 2.24) is 4.98 Å². The van der Waals surface area contributed by atoms with Crippen LogP contribution in [0.2, 0.25) is 0 Å². The number of aryl methyl sites for hydroxylation is 2. The molecule has 0 saturated heterocycles. The first-order valence-electron chi connectivity index (χ1n) is 9.00. The van der Waals surface area contributed by atoms with Gasteiger partial charge in [0.1, 0.15) is 17.1 Å². The van der Waals surface area contributed by atoms with Crippen LogP contribution in [0.25, 0.3) is 0 Å². The van der Waals surface area contributed by atoms with Crippen LogP contribution in [0.4, 0.5) is 32.0 Å². The van der Waals surface area contributed by atoms with Gasteiger partial charge in [-0.25, -0.2) is 0 Å². The van der Waals surface area contributed by atoms with Crippen molar-refractivity contribution < 1.29 is 40.6 Å². The summed E-state index contributed by atoms with van der Waals surface area (Å²) in [6, 6.07) is 4.20. The van der Waals surface area contributed by atoms with Gasteiger partial charge in [-0.1, -0.05) is 0 Å². The number of pyridine rings is 1. The lowest BCUT2D eigenvalue weighted by Gasteiger charge is -2.15. The van der Waals surface area contributed by atoms with E-state index in [1.807, 2.05) is 0 Å². The first kappa shape index (κ1) is 22.5. The van der Waals surface area contributed by atoms with Crippen molar-refractivity contribution in [2.24, 2.45) is 0 Å². The quantitative estimate of drug-likeness (QED) is 0.653. The minimum absolute atomic E-state index is 0.207. The number of alkyl halides is 6. The molecule has 0 saturated carbocycles. The molecule has 0 atom stereocenters. The van der Waals surface area contributed by atoms with Crippen LogP contribution in [0.1, 0.15) is 28.0 Å². The van der Waals surface area contributed by atoms with Gasteiger partial charge >= 0.3 is 12.4 Å². The van der Waals surface area contributed by atoms with Gasteiger partial charge in [0.25, 0.3) is 11.5 Å². The first-order valence-corrected chi connectivity index (χ1v) is 9.00. The zero-order chi connectivity index (χ0) is 22.8. The summed E-state index contributed by atoms with van der Waals surface area (Å²) in [4.78, 5) is 27.3. The summed E-state index contributed by atoms with van der Waals surface area (Å²) in [6.07, 6.45) is -7.23. The number of anilines is 1. The number of hydrogen-bond acceptors (Lipinski definition) is 4. The number of ether oxygens (including phenoxy) is 2. The van der Waals surface area contributed by atoms with E-state index in [1.54, 1.807) is 0 Å². The number of H-pyrrole nitrogens is 1. The number of carbonyl (C=O) groups is 1. The highest BCUT2D eigenvalue weighted by molar-refractivity contribution is 6.04. The lowest BCUT2D eigenvalue weighted by molar-refractivity contribution is -0.153. The predicted molar refractivity (Wildman–Crippen MR) is 96.6 cm³/mol. The van der Waals surface area contributed by atoms with Crippen LogP contribution in [0, 0.1) is 0 Å². The van der Waals surface area contributed by atoms with E-state index >= 15 is 0 Å². The fourth-order valence-electron chi connectivity index (χ4n) is 3.02. The second-order valence-corrected chi connectivity index (χ2v) is 6.82. The Morgan fingerprint density at radius 3 is 2.06 bits per heavy atom. The van der Waals surface area contributed by atoms with Gasteiger partial charge in [0.15, 0.2) is 13.2 Å². The molecule has 31 heavy (non-hydrogen) atoms. The van der Waals surface area contributed by atoms with Crippen LogP contribution >= 0.6 is 0 Å². The first-order chi connectivity index (χ1) is 14.4. The van der Waals surface area contributed by atoms with Gasteiger partial charge in [0.2, 0.25) is 0 Å². The number of amides is 1. The molecule has 6 nitrogen and oxygen atoms in total. The zero-order valence-electron chi connectivity index (χ0n) is 15.7. The number of nitrogens with one attached hydrogen (secondary N) is 2. The molecular weight excluding hydrogens is 434 g/mol. The molecule has 0 bridgehead atoms. The van der Waals surface area contributed by atoms with E-state index in [0.717, 1.165) is 35.9 Å². The lowest BCUT2D eigenvalue weighted by atomic mass is 10.1. The average molecular weight is 450 g/mol. The second kappa shape index (κ2) is 8.52. The maximum atomic E-state index is 12.5. The third kappa shape index (κ3) is 6.40. The number of aromatic amines is 1. The third-order valence-corrected chi connectivity index (χ3v) is 4.28. The Balaban J connectivity index is 1.84. The van der Waals surface area contributed by atoms with Gasteiger partial charge in [-0.3, -0.25) is 9.59 Å². The minimum atomic E-state index is -4.69. The summed E-state index contributed by atoms with van der Waals surface area (Å²) in [6.45, 7) is -3.40. The number of hydrogen-bond donors (Lipinski definition) is 2. The van der Waals surface area contributed by atoms with Gasteiger partial charge in [0, 0.05) is 29.6 Å². The number of halogens is 6. The Morgan fingerprint density at radius 1 is 0.935 bits per heavy atom. The van der Waals surface area contributed by atoms with E-state index in [0.29, 0.717) is 12.8 Å². The standard InChI is InChI=1S/C19H16F6N2O4/c20-18(21,22)8-30-12-5-11(6-13(7-12)31-9-19(23,24)25)26-16(28)14-4-10-2-1-3-15(10)27-17(14)29/h4-7H,1-3,8-9H2,(H,26,28)(H,27,29). The summed E-state index contributed by atoms with van der Waals surface area (Å²) in [5, 5.41) is 2.28. The maximum absolute atomic E-state index is 12.5. The zero-order valence-corrected chi connectivity index (χ0v) is 15.7. The largest absolute Gasteiger partial charge is 0.484 e. The molecule has 0 fully saturated rings. The van der Waals surface area contributed by atoms with E-state index < -0.39 is 48.5 Å². The van der Waals surface area contributed by atoms with Crippen molar-refractivity contribution in [3.05, 3.63) is 51.4 Å². The number of rotatable bonds is 6. The van der Waals surface area contributed by atoms with Crippen molar-refractivity contribution in [3.63, 3.8) is 0 Å². The highest BCUT2D eigenvalue weighted by atomic mass is 19.4. The van der Waals surface area contributed by atoms with Gasteiger partial charge in [-0.2, -0.15) is 26.3 Å². The molecule has 2 N–H and O–H groups in total. The minimum Gasteiger partial charge on any atom is -0.484 e. The molecule has 1 heterocycles. The molecule has 0 spiro atoms. The molecule has 168 valence electrons. The predicted octanol–water partition coefficient (Wildman–Crippen LogP) is 4.00. The molecule has 1 amide bonds. The Labute approximate surface area is 171 Å². The topological polar surface area (TPSA) is 80.4 Å². The van der Waals surface area contributed by atoms with Crippen LogP contribution in [-0.2, 0) is 12.8 Å². The SMILES string of the molecule is O=C(Nc1cc(OCC(F)(F)F)cc(OCC(F)(F)F)c1)c1cc2c([nH]c1=O)CCC2. The highest BCUT2D eigenvalue weighted by Crippen LogP contribution is 2.29. The molecule has 1 aliphatic rings. The van der Waals surface area contributed by atoms with E-state index in [-0.39, 0.29) is 11.3 Å². The number of carbonyl (C=O) groups excluding carboxylic acids is 1. The smallest absolute Gasteiger partial charge is 0.422 e. The molecule has 1 aromatic heterocycles. The second-order valence-electron chi connectivity index (χ2n) is 6.82. The van der Waals surface area contributed by atoms with Gasteiger partial charge in [0.05, 0.1) is 0 Å². The van der Waals surface area contributed by atoms with Crippen LogP contribution in [0.15, 0.2) is 29.1 Å². The van der Waals surface area contributed by atoms with Crippen LogP contribution in [0.3, 0.4) is 0 Å². The van der Waals surface area contributed by atoms with Gasteiger partial charge < -0.3 is 19.8 Å². The van der Waals surface area contributed by atoms with E-state index in [2.05, 4.69) is 19.8 Å². The summed E-state index contributed by atoms with van der Waals surface area (Å²) in [5.74, 6) is -1.84. The normalized spacial score (nSPS) is 13.6. The fourth-order valence-corrected chi connectivity index (χ4v) is 3.02. The number of fused-ring (bicyclic) bond motifs is 1. The highest BCUT2D eigenvalue weighted by Gasteiger charge is 2.30. The van der Waals surface area contributed by atoms with Crippen molar-refractivity contribution >= 4 is 11.6 Å². The van der Waals surface area contributed by atoms with Crippen LogP contribution < -0.4 is 20.3 Å². The fraction of sp³-hybridized carbons (Fsp3) is 0.368. The molecule has 12 heteroatoms. The third-order valence-electron chi connectivity index (χ3n) is 4.28. The van der Waals surface area contributed by atoms with Crippen molar-refractivity contribution in [2.75, 3.05) is 18.5 Å².